The Labute approximate surface area is 129 Å². The molecule has 0 amide bonds. The second-order valence-electron chi connectivity index (χ2n) is 5.71. The Hall–Kier alpha value is -0.910. The lowest BCUT2D eigenvalue weighted by molar-refractivity contribution is 0.454. The van der Waals surface area contributed by atoms with E-state index in [4.69, 9.17) is 0 Å². The summed E-state index contributed by atoms with van der Waals surface area (Å²) < 4.78 is 26.3. The fraction of sp³-hybridized carbons (Fsp3) is 0.625. The lowest BCUT2D eigenvalue weighted by atomic mass is 10.2. The molecule has 0 atom stereocenters. The molecule has 0 fully saturated rings. The summed E-state index contributed by atoms with van der Waals surface area (Å²) in [6.45, 7) is 7.61. The molecule has 0 spiro atoms. The third-order valence-corrected chi connectivity index (χ3v) is 5.29. The maximum atomic E-state index is 12.4. The summed E-state index contributed by atoms with van der Waals surface area (Å²) in [5.41, 5.74) is 1.09. The van der Waals surface area contributed by atoms with Crippen LogP contribution in [0.2, 0.25) is 0 Å². The number of unbranched alkanes of at least 4 members (excludes halogenated alkanes) is 2. The van der Waals surface area contributed by atoms with Gasteiger partial charge in [0.15, 0.2) is 0 Å². The van der Waals surface area contributed by atoms with E-state index in [1.165, 1.54) is 4.31 Å². The molecule has 0 aliphatic rings. The van der Waals surface area contributed by atoms with Crippen LogP contribution in [0.15, 0.2) is 29.2 Å². The number of sulfonamides is 1. The Morgan fingerprint density at radius 3 is 2.29 bits per heavy atom. The van der Waals surface area contributed by atoms with Crippen LogP contribution in [0.3, 0.4) is 0 Å². The topological polar surface area (TPSA) is 49.4 Å². The van der Waals surface area contributed by atoms with Crippen molar-refractivity contribution in [2.75, 3.05) is 13.6 Å². The van der Waals surface area contributed by atoms with E-state index < -0.39 is 10.0 Å². The first-order valence-corrected chi connectivity index (χ1v) is 9.10. The Bertz CT molecular complexity index is 510. The fourth-order valence-corrected chi connectivity index (χ4v) is 3.20. The van der Waals surface area contributed by atoms with Gasteiger partial charge in [0.25, 0.3) is 0 Å². The van der Waals surface area contributed by atoms with Gasteiger partial charge >= 0.3 is 0 Å². The van der Waals surface area contributed by atoms with Gasteiger partial charge in [0.05, 0.1) is 4.90 Å². The highest BCUT2D eigenvalue weighted by molar-refractivity contribution is 7.89. The molecule has 1 aromatic carbocycles. The monoisotopic (exact) mass is 312 g/mol. The Balaban J connectivity index is 2.70. The average molecular weight is 312 g/mol. The van der Waals surface area contributed by atoms with Crippen LogP contribution in [0.1, 0.15) is 45.6 Å². The van der Waals surface area contributed by atoms with Crippen LogP contribution in [-0.4, -0.2) is 32.4 Å². The molecule has 0 heterocycles. The second-order valence-corrected chi connectivity index (χ2v) is 7.76. The highest BCUT2D eigenvalue weighted by atomic mass is 32.2. The molecule has 0 unspecified atom stereocenters. The number of rotatable bonds is 9. The lowest BCUT2D eigenvalue weighted by Crippen LogP contribution is -2.28. The van der Waals surface area contributed by atoms with Gasteiger partial charge in [0.1, 0.15) is 0 Å². The third kappa shape index (κ3) is 5.77. The highest BCUT2D eigenvalue weighted by Crippen LogP contribution is 2.16. The maximum absolute atomic E-state index is 12.4. The van der Waals surface area contributed by atoms with Gasteiger partial charge in [-0.15, -0.1) is 0 Å². The molecule has 0 aliphatic carbocycles. The first-order valence-electron chi connectivity index (χ1n) is 7.66. The van der Waals surface area contributed by atoms with Gasteiger partial charge in [-0.25, -0.2) is 12.7 Å². The van der Waals surface area contributed by atoms with Crippen molar-refractivity contribution in [1.29, 1.82) is 0 Å². The zero-order chi connectivity index (χ0) is 15.9. The Kier molecular flexibility index (Phi) is 7.35. The summed E-state index contributed by atoms with van der Waals surface area (Å²) in [5, 5.41) is 3.32. The minimum atomic E-state index is -3.35. The van der Waals surface area contributed by atoms with Gasteiger partial charge in [0.2, 0.25) is 10.0 Å². The van der Waals surface area contributed by atoms with Crippen molar-refractivity contribution in [3.63, 3.8) is 0 Å². The van der Waals surface area contributed by atoms with Crippen molar-refractivity contribution in [1.82, 2.24) is 9.62 Å². The van der Waals surface area contributed by atoms with Crippen LogP contribution in [0.5, 0.6) is 0 Å². The molecule has 1 rings (SSSR count). The smallest absolute Gasteiger partial charge is 0.242 e. The zero-order valence-electron chi connectivity index (χ0n) is 13.6. The predicted octanol–water partition coefficient (Wildman–Crippen LogP) is 3.00. The molecule has 0 saturated carbocycles. The van der Waals surface area contributed by atoms with Gasteiger partial charge in [-0.2, -0.15) is 0 Å². The van der Waals surface area contributed by atoms with Crippen molar-refractivity contribution in [3.05, 3.63) is 29.8 Å². The number of benzene rings is 1. The maximum Gasteiger partial charge on any atom is 0.242 e. The van der Waals surface area contributed by atoms with E-state index in [1.54, 1.807) is 19.2 Å². The third-order valence-electron chi connectivity index (χ3n) is 3.42. The summed E-state index contributed by atoms with van der Waals surface area (Å²) in [5.74, 6) is 0. The summed E-state index contributed by atoms with van der Waals surface area (Å²) in [6, 6.07) is 7.56. The van der Waals surface area contributed by atoms with Gasteiger partial charge < -0.3 is 5.32 Å². The molecule has 0 radical (unpaired) electrons. The minimum absolute atomic E-state index is 0.370. The van der Waals surface area contributed by atoms with Crippen molar-refractivity contribution in [2.24, 2.45) is 0 Å². The van der Waals surface area contributed by atoms with Crippen LogP contribution in [0.25, 0.3) is 0 Å². The molecule has 0 bridgehead atoms. The first-order chi connectivity index (χ1) is 9.87. The second kappa shape index (κ2) is 8.51. The minimum Gasteiger partial charge on any atom is -0.310 e. The van der Waals surface area contributed by atoms with E-state index in [1.807, 2.05) is 12.1 Å². The van der Waals surface area contributed by atoms with E-state index in [-0.39, 0.29) is 0 Å². The molecular formula is C16H28N2O2S. The number of hydrogen-bond acceptors (Lipinski definition) is 3. The molecule has 0 aliphatic heterocycles. The number of hydrogen-bond donors (Lipinski definition) is 1. The van der Waals surface area contributed by atoms with Crippen LogP contribution in [0.4, 0.5) is 0 Å². The molecule has 21 heavy (non-hydrogen) atoms. The SMILES string of the molecule is CCCCCN(C)S(=O)(=O)c1ccc(CNC(C)C)cc1. The van der Waals surface area contributed by atoms with Gasteiger partial charge in [-0.1, -0.05) is 45.7 Å². The molecule has 120 valence electrons. The first kappa shape index (κ1) is 18.1. The van der Waals surface area contributed by atoms with Crippen LogP contribution in [-0.2, 0) is 16.6 Å². The zero-order valence-corrected chi connectivity index (χ0v) is 14.4. The quantitative estimate of drug-likeness (QED) is 0.713. The van der Waals surface area contributed by atoms with Gasteiger partial charge in [-0.3, -0.25) is 0 Å². The van der Waals surface area contributed by atoms with Crippen molar-refractivity contribution < 1.29 is 8.42 Å². The molecule has 1 N–H and O–H groups in total. The summed E-state index contributed by atoms with van der Waals surface area (Å²) in [4.78, 5) is 0.370. The van der Waals surface area contributed by atoms with E-state index >= 15 is 0 Å². The van der Waals surface area contributed by atoms with Gasteiger partial charge in [-0.05, 0) is 24.1 Å². The fourth-order valence-electron chi connectivity index (χ4n) is 1.99. The molecule has 0 saturated heterocycles. The van der Waals surface area contributed by atoms with Gasteiger partial charge in [0, 0.05) is 26.2 Å². The molecule has 1 aromatic rings. The van der Waals surface area contributed by atoms with Crippen molar-refractivity contribution in [2.45, 2.75) is 57.5 Å². The largest absolute Gasteiger partial charge is 0.310 e. The summed E-state index contributed by atoms with van der Waals surface area (Å²) in [7, 11) is -1.70. The van der Waals surface area contributed by atoms with Crippen molar-refractivity contribution >= 4 is 10.0 Å². The Morgan fingerprint density at radius 2 is 1.76 bits per heavy atom. The van der Waals surface area contributed by atoms with E-state index in [0.717, 1.165) is 31.4 Å². The average Bonchev–Trinajstić information content (AvgIpc) is 2.45. The van der Waals surface area contributed by atoms with E-state index in [2.05, 4.69) is 26.1 Å². The van der Waals surface area contributed by atoms with Crippen molar-refractivity contribution in [3.8, 4) is 0 Å². The van der Waals surface area contributed by atoms with E-state index in [0.29, 0.717) is 17.5 Å². The summed E-state index contributed by atoms with van der Waals surface area (Å²) >= 11 is 0. The Morgan fingerprint density at radius 1 is 1.14 bits per heavy atom. The van der Waals surface area contributed by atoms with E-state index in [9.17, 15) is 8.42 Å². The standard InChI is InChI=1S/C16H28N2O2S/c1-5-6-7-12-18(4)21(19,20)16-10-8-15(9-11-16)13-17-14(2)3/h8-11,14,17H,5-7,12-13H2,1-4H3. The number of nitrogens with zero attached hydrogens (tertiary/aromatic N) is 1. The van der Waals surface area contributed by atoms with Crippen LogP contribution >= 0.6 is 0 Å². The van der Waals surface area contributed by atoms with Crippen LogP contribution in [0, 0.1) is 0 Å². The predicted molar refractivity (Wildman–Crippen MR) is 87.8 cm³/mol. The lowest BCUT2D eigenvalue weighted by Gasteiger charge is -2.17. The number of nitrogens with one attached hydrogen (secondary N) is 1. The summed E-state index contributed by atoms with van der Waals surface area (Å²) in [6.07, 6.45) is 3.05. The molecule has 4 nitrogen and oxygen atoms in total. The molecule has 5 heteroatoms. The normalized spacial score (nSPS) is 12.3. The molecular weight excluding hydrogens is 284 g/mol. The highest BCUT2D eigenvalue weighted by Gasteiger charge is 2.19. The van der Waals surface area contributed by atoms with Crippen LogP contribution < -0.4 is 5.32 Å². The molecule has 0 aromatic heterocycles.